The van der Waals surface area contributed by atoms with Crippen LogP contribution >= 0.6 is 0 Å². The summed E-state index contributed by atoms with van der Waals surface area (Å²) in [7, 11) is 0. The first-order chi connectivity index (χ1) is 7.75. The normalized spacial score (nSPS) is 10.1. The van der Waals surface area contributed by atoms with Crippen LogP contribution in [0.3, 0.4) is 0 Å². The van der Waals surface area contributed by atoms with Crippen molar-refractivity contribution in [2.24, 2.45) is 5.92 Å². The van der Waals surface area contributed by atoms with Gasteiger partial charge in [-0.2, -0.15) is 0 Å². The van der Waals surface area contributed by atoms with Crippen molar-refractivity contribution in [2.75, 3.05) is 0 Å². The largest absolute Gasteiger partial charge is 0.264 e. The first kappa shape index (κ1) is 12.7. The van der Waals surface area contributed by atoms with Crippen LogP contribution in [0.5, 0.6) is 0 Å². The van der Waals surface area contributed by atoms with Crippen molar-refractivity contribution in [3.05, 3.63) is 42.2 Å². The van der Waals surface area contributed by atoms with E-state index in [-0.39, 0.29) is 0 Å². The quantitative estimate of drug-likeness (QED) is 0.720. The van der Waals surface area contributed by atoms with E-state index in [2.05, 4.69) is 43.1 Å². The van der Waals surface area contributed by atoms with E-state index in [1.807, 2.05) is 26.2 Å². The van der Waals surface area contributed by atoms with Gasteiger partial charge in [0.15, 0.2) is 0 Å². The summed E-state index contributed by atoms with van der Waals surface area (Å²) < 4.78 is 0. The van der Waals surface area contributed by atoms with Gasteiger partial charge in [-0.15, -0.1) is 0 Å². The zero-order valence-electron chi connectivity index (χ0n) is 10.7. The second-order valence-electron chi connectivity index (χ2n) is 4.16. The van der Waals surface area contributed by atoms with Crippen LogP contribution in [0.15, 0.2) is 36.7 Å². The maximum Gasteiger partial charge on any atom is 0.0346 e. The molecule has 0 aliphatic heterocycles. The van der Waals surface area contributed by atoms with Gasteiger partial charge in [0, 0.05) is 17.8 Å². The Morgan fingerprint density at radius 1 is 1.06 bits per heavy atom. The zero-order valence-corrected chi connectivity index (χ0v) is 10.7. The maximum absolute atomic E-state index is 4.13. The Bertz CT molecular complexity index is 432. The molecule has 0 aliphatic rings. The van der Waals surface area contributed by atoms with Gasteiger partial charge in [0.25, 0.3) is 0 Å². The highest BCUT2D eigenvalue weighted by Gasteiger charge is 1.99. The van der Waals surface area contributed by atoms with Crippen molar-refractivity contribution < 1.29 is 0 Å². The average Bonchev–Trinajstić information content (AvgIpc) is 2.31. The SMILES string of the molecule is CC.CC(C)Cc1ccc2ccncc2c1. The molecule has 0 aliphatic carbocycles. The highest BCUT2D eigenvalue weighted by molar-refractivity contribution is 5.81. The van der Waals surface area contributed by atoms with Gasteiger partial charge in [0.1, 0.15) is 0 Å². The zero-order chi connectivity index (χ0) is 12.0. The molecule has 1 aromatic heterocycles. The van der Waals surface area contributed by atoms with Crippen LogP contribution < -0.4 is 0 Å². The number of fused-ring (bicyclic) bond motifs is 1. The number of pyridine rings is 1. The summed E-state index contributed by atoms with van der Waals surface area (Å²) in [6.07, 6.45) is 4.91. The van der Waals surface area contributed by atoms with Gasteiger partial charge >= 0.3 is 0 Å². The Balaban J connectivity index is 0.000000606. The summed E-state index contributed by atoms with van der Waals surface area (Å²) in [5.41, 5.74) is 1.40. The Labute approximate surface area is 98.5 Å². The molecular weight excluding hydrogens is 194 g/mol. The van der Waals surface area contributed by atoms with Crippen LogP contribution in [-0.2, 0) is 6.42 Å². The fourth-order valence-corrected chi connectivity index (χ4v) is 1.73. The molecule has 0 bridgehead atoms. The molecule has 0 fully saturated rings. The minimum absolute atomic E-state index is 0.712. The molecule has 2 rings (SSSR count). The van der Waals surface area contributed by atoms with Crippen LogP contribution in [0.1, 0.15) is 33.3 Å². The smallest absolute Gasteiger partial charge is 0.0346 e. The molecule has 1 aromatic carbocycles. The van der Waals surface area contributed by atoms with E-state index in [0.29, 0.717) is 5.92 Å². The number of nitrogens with zero attached hydrogens (tertiary/aromatic N) is 1. The first-order valence-electron chi connectivity index (χ1n) is 6.08. The van der Waals surface area contributed by atoms with Crippen molar-refractivity contribution in [3.63, 3.8) is 0 Å². The lowest BCUT2D eigenvalue weighted by molar-refractivity contribution is 0.648. The van der Waals surface area contributed by atoms with Crippen LogP contribution in [0, 0.1) is 5.92 Å². The second kappa shape index (κ2) is 6.26. The summed E-state index contributed by atoms with van der Waals surface area (Å²) in [6.45, 7) is 8.49. The van der Waals surface area contributed by atoms with Crippen molar-refractivity contribution in [2.45, 2.75) is 34.1 Å². The molecule has 0 atom stereocenters. The predicted molar refractivity (Wildman–Crippen MR) is 71.6 cm³/mol. The molecule has 1 heteroatoms. The van der Waals surface area contributed by atoms with E-state index in [9.17, 15) is 0 Å². The molecule has 86 valence electrons. The molecule has 0 N–H and O–H groups in total. The van der Waals surface area contributed by atoms with Crippen molar-refractivity contribution >= 4 is 10.8 Å². The summed E-state index contributed by atoms with van der Waals surface area (Å²) in [4.78, 5) is 4.13. The molecule has 0 unspecified atom stereocenters. The maximum atomic E-state index is 4.13. The molecule has 0 spiro atoms. The number of rotatable bonds is 2. The predicted octanol–water partition coefficient (Wildman–Crippen LogP) is 4.46. The van der Waals surface area contributed by atoms with E-state index < -0.39 is 0 Å². The second-order valence-corrected chi connectivity index (χ2v) is 4.16. The standard InChI is InChI=1S/C13H15N.C2H6/c1-10(2)7-11-3-4-12-5-6-14-9-13(12)8-11;1-2/h3-6,8-10H,7H2,1-2H3;1-2H3. The molecule has 16 heavy (non-hydrogen) atoms. The Hall–Kier alpha value is -1.37. The number of benzene rings is 1. The Kier molecular flexibility index (Phi) is 4.97. The van der Waals surface area contributed by atoms with Crippen LogP contribution in [0.4, 0.5) is 0 Å². The van der Waals surface area contributed by atoms with Crippen molar-refractivity contribution in [1.29, 1.82) is 0 Å². The fourth-order valence-electron chi connectivity index (χ4n) is 1.73. The number of hydrogen-bond acceptors (Lipinski definition) is 1. The van der Waals surface area contributed by atoms with Crippen molar-refractivity contribution in [1.82, 2.24) is 4.98 Å². The molecule has 2 aromatic rings. The third kappa shape index (κ3) is 3.34. The van der Waals surface area contributed by atoms with Gasteiger partial charge in [-0.25, -0.2) is 0 Å². The summed E-state index contributed by atoms with van der Waals surface area (Å²) in [5, 5.41) is 2.51. The molecule has 1 nitrogen and oxygen atoms in total. The van der Waals surface area contributed by atoms with E-state index in [0.717, 1.165) is 6.42 Å². The molecule has 0 saturated carbocycles. The topological polar surface area (TPSA) is 12.9 Å². The number of hydrogen-bond donors (Lipinski definition) is 0. The van der Waals surface area contributed by atoms with E-state index in [4.69, 9.17) is 0 Å². The van der Waals surface area contributed by atoms with Crippen LogP contribution in [-0.4, -0.2) is 4.98 Å². The van der Waals surface area contributed by atoms with Crippen LogP contribution in [0.2, 0.25) is 0 Å². The van der Waals surface area contributed by atoms with E-state index >= 15 is 0 Å². The summed E-state index contributed by atoms with van der Waals surface area (Å²) in [5.74, 6) is 0.712. The Morgan fingerprint density at radius 3 is 2.50 bits per heavy atom. The molecule has 0 saturated heterocycles. The molecule has 0 radical (unpaired) electrons. The third-order valence-electron chi connectivity index (χ3n) is 2.35. The first-order valence-corrected chi connectivity index (χ1v) is 6.08. The van der Waals surface area contributed by atoms with E-state index in [1.54, 1.807) is 0 Å². The van der Waals surface area contributed by atoms with Gasteiger partial charge < -0.3 is 0 Å². The van der Waals surface area contributed by atoms with Gasteiger partial charge in [-0.05, 0) is 35.4 Å². The minimum Gasteiger partial charge on any atom is -0.264 e. The highest BCUT2D eigenvalue weighted by Crippen LogP contribution is 2.16. The monoisotopic (exact) mass is 215 g/mol. The number of aromatic nitrogens is 1. The molecule has 1 heterocycles. The molecule has 0 amide bonds. The lowest BCUT2D eigenvalue weighted by atomic mass is 10.0. The van der Waals surface area contributed by atoms with Gasteiger partial charge in [0.2, 0.25) is 0 Å². The van der Waals surface area contributed by atoms with Gasteiger partial charge in [-0.1, -0.05) is 39.8 Å². The highest BCUT2D eigenvalue weighted by atomic mass is 14.6. The Morgan fingerprint density at radius 2 is 1.81 bits per heavy atom. The fraction of sp³-hybridized carbons (Fsp3) is 0.400. The van der Waals surface area contributed by atoms with Crippen LogP contribution in [0.25, 0.3) is 10.8 Å². The van der Waals surface area contributed by atoms with E-state index in [1.165, 1.54) is 16.3 Å². The lowest BCUT2D eigenvalue weighted by Gasteiger charge is -2.05. The summed E-state index contributed by atoms with van der Waals surface area (Å²) in [6, 6.07) is 8.67. The summed E-state index contributed by atoms with van der Waals surface area (Å²) >= 11 is 0. The van der Waals surface area contributed by atoms with Crippen molar-refractivity contribution in [3.8, 4) is 0 Å². The molecular formula is C15H21N. The van der Waals surface area contributed by atoms with Gasteiger partial charge in [-0.3, -0.25) is 4.98 Å². The lowest BCUT2D eigenvalue weighted by Crippen LogP contribution is -1.93. The third-order valence-corrected chi connectivity index (χ3v) is 2.35. The average molecular weight is 215 g/mol. The minimum atomic E-state index is 0.712. The van der Waals surface area contributed by atoms with Gasteiger partial charge in [0.05, 0.1) is 0 Å².